The van der Waals surface area contributed by atoms with E-state index in [0.29, 0.717) is 5.69 Å². The Labute approximate surface area is 141 Å². The maximum atomic E-state index is 13.3. The Kier molecular flexibility index (Phi) is 5.11. The molecular formula is C19H22FN3O. The van der Waals surface area contributed by atoms with E-state index in [-0.39, 0.29) is 17.5 Å². The van der Waals surface area contributed by atoms with Gasteiger partial charge in [0, 0.05) is 24.8 Å². The zero-order valence-electron chi connectivity index (χ0n) is 13.5. The van der Waals surface area contributed by atoms with Crippen molar-refractivity contribution in [1.82, 2.24) is 10.2 Å². The fourth-order valence-electron chi connectivity index (χ4n) is 3.15. The second-order valence-electron chi connectivity index (χ2n) is 6.26. The van der Waals surface area contributed by atoms with Gasteiger partial charge in [0.1, 0.15) is 5.82 Å². The number of nitrogens with two attached hydrogens (primary N) is 1. The number of benzene rings is 2. The standard InChI is InChI=1S/C19H22FN3O/c20-15-8-9-18(21)17(11-15)19(24)22-16-7-4-10-23(13-16)12-14-5-2-1-3-6-14/h1-3,5-6,8-9,11,16H,4,7,10,12-13,21H2,(H,22,24). The summed E-state index contributed by atoms with van der Waals surface area (Å²) in [4.78, 5) is 14.7. The molecule has 0 aliphatic carbocycles. The summed E-state index contributed by atoms with van der Waals surface area (Å²) in [6, 6.07) is 14.2. The number of nitrogen functional groups attached to an aromatic ring is 1. The molecule has 1 amide bonds. The van der Waals surface area contributed by atoms with E-state index in [1.165, 1.54) is 23.8 Å². The van der Waals surface area contributed by atoms with Gasteiger partial charge in [-0.1, -0.05) is 30.3 Å². The smallest absolute Gasteiger partial charge is 0.253 e. The zero-order chi connectivity index (χ0) is 16.9. The topological polar surface area (TPSA) is 58.4 Å². The number of anilines is 1. The van der Waals surface area contributed by atoms with E-state index in [1.54, 1.807) is 0 Å². The Balaban J connectivity index is 1.61. The lowest BCUT2D eigenvalue weighted by Gasteiger charge is -2.33. The summed E-state index contributed by atoms with van der Waals surface area (Å²) in [7, 11) is 0. The molecule has 0 bridgehead atoms. The number of amides is 1. The Morgan fingerprint density at radius 3 is 2.83 bits per heavy atom. The van der Waals surface area contributed by atoms with E-state index in [4.69, 9.17) is 5.73 Å². The van der Waals surface area contributed by atoms with E-state index >= 15 is 0 Å². The molecule has 0 radical (unpaired) electrons. The van der Waals surface area contributed by atoms with Crippen LogP contribution in [-0.4, -0.2) is 29.9 Å². The average Bonchev–Trinajstić information content (AvgIpc) is 2.58. The van der Waals surface area contributed by atoms with Gasteiger partial charge >= 0.3 is 0 Å². The van der Waals surface area contributed by atoms with Crippen LogP contribution in [-0.2, 0) is 6.54 Å². The predicted molar refractivity (Wildman–Crippen MR) is 93.0 cm³/mol. The second kappa shape index (κ2) is 7.45. The van der Waals surface area contributed by atoms with Crippen molar-refractivity contribution >= 4 is 11.6 Å². The van der Waals surface area contributed by atoms with E-state index in [1.807, 2.05) is 18.2 Å². The highest BCUT2D eigenvalue weighted by Crippen LogP contribution is 2.17. The molecule has 2 aromatic carbocycles. The molecular weight excluding hydrogens is 305 g/mol. The Morgan fingerprint density at radius 2 is 2.04 bits per heavy atom. The van der Waals surface area contributed by atoms with Crippen LogP contribution in [0.4, 0.5) is 10.1 Å². The van der Waals surface area contributed by atoms with Crippen LogP contribution in [0, 0.1) is 5.82 Å². The number of nitrogens with one attached hydrogen (secondary N) is 1. The maximum Gasteiger partial charge on any atom is 0.253 e. The molecule has 0 aromatic heterocycles. The van der Waals surface area contributed by atoms with Gasteiger partial charge in [-0.05, 0) is 43.1 Å². The first-order chi connectivity index (χ1) is 11.6. The number of piperidine rings is 1. The SMILES string of the molecule is Nc1ccc(F)cc1C(=O)NC1CCCN(Cc2ccccc2)C1. The fourth-order valence-corrected chi connectivity index (χ4v) is 3.15. The van der Waals surface area contributed by atoms with Crippen LogP contribution < -0.4 is 11.1 Å². The molecule has 5 heteroatoms. The highest BCUT2D eigenvalue weighted by atomic mass is 19.1. The average molecular weight is 327 g/mol. The van der Waals surface area contributed by atoms with Gasteiger partial charge in [-0.2, -0.15) is 0 Å². The third-order valence-corrected chi connectivity index (χ3v) is 4.35. The van der Waals surface area contributed by atoms with Crippen molar-refractivity contribution in [2.75, 3.05) is 18.8 Å². The third kappa shape index (κ3) is 4.11. The van der Waals surface area contributed by atoms with Crippen molar-refractivity contribution in [3.63, 3.8) is 0 Å². The van der Waals surface area contributed by atoms with Crippen LogP contribution in [0.25, 0.3) is 0 Å². The molecule has 2 aromatic rings. The number of carbonyl (C=O) groups excluding carboxylic acids is 1. The fraction of sp³-hybridized carbons (Fsp3) is 0.316. The Hall–Kier alpha value is -2.40. The molecule has 4 nitrogen and oxygen atoms in total. The number of rotatable bonds is 4. The number of halogens is 1. The number of nitrogens with zero attached hydrogens (tertiary/aromatic N) is 1. The summed E-state index contributed by atoms with van der Waals surface area (Å²) in [5.41, 5.74) is 7.55. The molecule has 1 unspecified atom stereocenters. The van der Waals surface area contributed by atoms with Gasteiger partial charge < -0.3 is 11.1 Å². The first-order valence-electron chi connectivity index (χ1n) is 8.24. The summed E-state index contributed by atoms with van der Waals surface area (Å²) in [6.45, 7) is 2.68. The summed E-state index contributed by atoms with van der Waals surface area (Å²) in [5, 5.41) is 2.99. The monoisotopic (exact) mass is 327 g/mol. The second-order valence-corrected chi connectivity index (χ2v) is 6.26. The van der Waals surface area contributed by atoms with Crippen LogP contribution in [0.15, 0.2) is 48.5 Å². The number of hydrogen-bond donors (Lipinski definition) is 2. The van der Waals surface area contributed by atoms with Gasteiger partial charge in [-0.15, -0.1) is 0 Å². The van der Waals surface area contributed by atoms with Crippen LogP contribution in [0.2, 0.25) is 0 Å². The molecule has 1 heterocycles. The molecule has 24 heavy (non-hydrogen) atoms. The van der Waals surface area contributed by atoms with Crippen LogP contribution in [0.3, 0.4) is 0 Å². The number of hydrogen-bond acceptors (Lipinski definition) is 3. The molecule has 1 aliphatic rings. The van der Waals surface area contributed by atoms with Crippen molar-refractivity contribution < 1.29 is 9.18 Å². The first kappa shape index (κ1) is 16.5. The Bertz CT molecular complexity index is 705. The molecule has 3 rings (SSSR count). The van der Waals surface area contributed by atoms with Crippen molar-refractivity contribution in [2.45, 2.75) is 25.4 Å². The molecule has 1 atom stereocenters. The molecule has 126 valence electrons. The van der Waals surface area contributed by atoms with Crippen molar-refractivity contribution in [2.24, 2.45) is 0 Å². The van der Waals surface area contributed by atoms with Crippen LogP contribution >= 0.6 is 0 Å². The third-order valence-electron chi connectivity index (χ3n) is 4.35. The summed E-state index contributed by atoms with van der Waals surface area (Å²) in [5.74, 6) is -0.762. The molecule has 1 fully saturated rings. The predicted octanol–water partition coefficient (Wildman–Crippen LogP) is 2.80. The van der Waals surface area contributed by atoms with E-state index < -0.39 is 5.82 Å². The van der Waals surface area contributed by atoms with Crippen molar-refractivity contribution in [3.05, 3.63) is 65.5 Å². The van der Waals surface area contributed by atoms with Crippen LogP contribution in [0.1, 0.15) is 28.8 Å². The largest absolute Gasteiger partial charge is 0.398 e. The van der Waals surface area contributed by atoms with E-state index in [9.17, 15) is 9.18 Å². The van der Waals surface area contributed by atoms with E-state index in [0.717, 1.165) is 32.5 Å². The van der Waals surface area contributed by atoms with Crippen molar-refractivity contribution in [1.29, 1.82) is 0 Å². The summed E-state index contributed by atoms with van der Waals surface area (Å²) in [6.07, 6.45) is 1.95. The zero-order valence-corrected chi connectivity index (χ0v) is 13.5. The minimum Gasteiger partial charge on any atom is -0.398 e. The highest BCUT2D eigenvalue weighted by Gasteiger charge is 2.22. The number of likely N-dealkylation sites (tertiary alicyclic amines) is 1. The van der Waals surface area contributed by atoms with Gasteiger partial charge in [0.05, 0.1) is 5.56 Å². The molecule has 0 saturated carbocycles. The van der Waals surface area contributed by atoms with Gasteiger partial charge in [0.2, 0.25) is 0 Å². The first-order valence-corrected chi connectivity index (χ1v) is 8.24. The van der Waals surface area contributed by atoms with Crippen molar-refractivity contribution in [3.8, 4) is 0 Å². The quantitative estimate of drug-likeness (QED) is 0.849. The lowest BCUT2D eigenvalue weighted by Crippen LogP contribution is -2.47. The molecule has 1 saturated heterocycles. The van der Waals surface area contributed by atoms with Gasteiger partial charge in [0.25, 0.3) is 5.91 Å². The van der Waals surface area contributed by atoms with E-state index in [2.05, 4.69) is 22.3 Å². The van der Waals surface area contributed by atoms with Crippen LogP contribution in [0.5, 0.6) is 0 Å². The lowest BCUT2D eigenvalue weighted by molar-refractivity contribution is 0.0901. The normalized spacial score (nSPS) is 18.3. The lowest BCUT2D eigenvalue weighted by atomic mass is 10.0. The highest BCUT2D eigenvalue weighted by molar-refractivity contribution is 5.99. The molecule has 3 N–H and O–H groups in total. The molecule has 1 aliphatic heterocycles. The molecule has 0 spiro atoms. The number of carbonyl (C=O) groups is 1. The van der Waals surface area contributed by atoms with Gasteiger partial charge in [0.15, 0.2) is 0 Å². The minimum absolute atomic E-state index is 0.0534. The minimum atomic E-state index is -0.455. The maximum absolute atomic E-state index is 13.3. The Morgan fingerprint density at radius 1 is 1.25 bits per heavy atom. The summed E-state index contributed by atoms with van der Waals surface area (Å²) < 4.78 is 13.3. The van der Waals surface area contributed by atoms with Gasteiger partial charge in [-0.25, -0.2) is 4.39 Å². The summed E-state index contributed by atoms with van der Waals surface area (Å²) >= 11 is 0. The van der Waals surface area contributed by atoms with Gasteiger partial charge in [-0.3, -0.25) is 9.69 Å².